The molecule has 1 aliphatic heterocycles. The maximum atomic E-state index is 13.1. The number of nitrogens with zero attached hydrogens (tertiary/aromatic N) is 2. The minimum Gasteiger partial charge on any atom is -0.319 e. The van der Waals surface area contributed by atoms with Crippen LogP contribution >= 0.6 is 0 Å². The second kappa shape index (κ2) is 7.91. The predicted molar refractivity (Wildman–Crippen MR) is 113 cm³/mol. The molecule has 2 aromatic rings. The van der Waals surface area contributed by atoms with E-state index in [0.29, 0.717) is 17.7 Å². The fourth-order valence-electron chi connectivity index (χ4n) is 3.42. The largest absolute Gasteiger partial charge is 0.325 e. The lowest BCUT2D eigenvalue weighted by Gasteiger charge is -2.25. The first-order valence-corrected chi connectivity index (χ1v) is 11.2. The average Bonchev–Trinajstić information content (AvgIpc) is 2.98. The van der Waals surface area contributed by atoms with Gasteiger partial charge in [-0.1, -0.05) is 37.3 Å². The Balaban J connectivity index is 1.80. The van der Waals surface area contributed by atoms with E-state index in [2.05, 4.69) is 5.32 Å². The van der Waals surface area contributed by atoms with Crippen molar-refractivity contribution in [2.24, 2.45) is 0 Å². The van der Waals surface area contributed by atoms with Crippen LogP contribution < -0.4 is 9.62 Å². The smallest absolute Gasteiger partial charge is 0.319 e. The highest BCUT2D eigenvalue weighted by molar-refractivity contribution is 7.92. The Labute approximate surface area is 175 Å². The highest BCUT2D eigenvalue weighted by Crippen LogP contribution is 2.32. The number of amides is 3. The first-order chi connectivity index (χ1) is 14.1. The molecule has 1 fully saturated rings. The van der Waals surface area contributed by atoms with E-state index >= 15 is 0 Å². The number of nitrogens with one attached hydrogen (secondary N) is 1. The number of carbonyl (C=O) groups excluding carboxylic acids is 3. The molecule has 0 aromatic heterocycles. The number of hydrogen-bond donors (Lipinski definition) is 1. The number of sulfonamides is 1. The molecule has 1 unspecified atom stereocenters. The van der Waals surface area contributed by atoms with Crippen LogP contribution in [-0.2, 0) is 20.4 Å². The molecule has 2 aromatic carbocycles. The molecule has 1 saturated heterocycles. The van der Waals surface area contributed by atoms with E-state index in [9.17, 15) is 22.8 Å². The second-order valence-electron chi connectivity index (χ2n) is 7.15. The van der Waals surface area contributed by atoms with E-state index in [4.69, 9.17) is 0 Å². The lowest BCUT2D eigenvalue weighted by molar-refractivity contribution is -0.131. The van der Waals surface area contributed by atoms with Gasteiger partial charge >= 0.3 is 6.03 Å². The molecule has 0 aliphatic carbocycles. The van der Waals surface area contributed by atoms with Gasteiger partial charge in [-0.05, 0) is 36.2 Å². The van der Waals surface area contributed by atoms with Crippen LogP contribution in [0.25, 0.3) is 0 Å². The third kappa shape index (κ3) is 3.80. The molecule has 1 aliphatic rings. The summed E-state index contributed by atoms with van der Waals surface area (Å²) in [5, 5.41) is 2.74. The molecule has 8 nitrogen and oxygen atoms in total. The third-order valence-electron chi connectivity index (χ3n) is 5.32. The Morgan fingerprint density at radius 3 is 2.20 bits per heavy atom. The summed E-state index contributed by atoms with van der Waals surface area (Å²) in [5.41, 5.74) is 0.141. The van der Waals surface area contributed by atoms with Crippen LogP contribution in [0.2, 0.25) is 0 Å². The van der Waals surface area contributed by atoms with Crippen LogP contribution in [0, 0.1) is 0 Å². The normalized spacial score (nSPS) is 19.0. The van der Waals surface area contributed by atoms with Gasteiger partial charge in [-0.15, -0.1) is 0 Å². The third-order valence-corrected chi connectivity index (χ3v) is 6.53. The summed E-state index contributed by atoms with van der Waals surface area (Å²) < 4.78 is 24.4. The van der Waals surface area contributed by atoms with Gasteiger partial charge in [0.15, 0.2) is 5.78 Å². The van der Waals surface area contributed by atoms with Gasteiger partial charge in [0.25, 0.3) is 5.91 Å². The van der Waals surface area contributed by atoms with Crippen LogP contribution in [0.5, 0.6) is 0 Å². The van der Waals surface area contributed by atoms with Crippen LogP contribution in [0.4, 0.5) is 10.5 Å². The van der Waals surface area contributed by atoms with Gasteiger partial charge in [0.2, 0.25) is 10.0 Å². The molecule has 0 bridgehead atoms. The Morgan fingerprint density at radius 1 is 1.07 bits per heavy atom. The van der Waals surface area contributed by atoms with E-state index in [1.807, 2.05) is 6.07 Å². The SMILES string of the molecule is CCC1(c2ccccc2)NC(=O)N(CC(=O)c2ccc(N(C)S(C)(=O)=O)cc2)C1=O. The van der Waals surface area contributed by atoms with E-state index in [1.165, 1.54) is 31.3 Å². The number of rotatable bonds is 7. The van der Waals surface area contributed by atoms with Crippen LogP contribution in [0.3, 0.4) is 0 Å². The van der Waals surface area contributed by atoms with Crippen molar-refractivity contribution in [3.8, 4) is 0 Å². The fraction of sp³-hybridized carbons (Fsp3) is 0.286. The molecule has 1 heterocycles. The van der Waals surface area contributed by atoms with Gasteiger partial charge < -0.3 is 5.32 Å². The number of benzene rings is 2. The summed E-state index contributed by atoms with van der Waals surface area (Å²) in [6.45, 7) is 1.40. The molecular weight excluding hydrogens is 406 g/mol. The van der Waals surface area contributed by atoms with Crippen molar-refractivity contribution in [1.82, 2.24) is 10.2 Å². The summed E-state index contributed by atoms with van der Waals surface area (Å²) in [5.74, 6) is -0.894. The van der Waals surface area contributed by atoms with Gasteiger partial charge in [-0.3, -0.25) is 18.8 Å². The van der Waals surface area contributed by atoms with Gasteiger partial charge in [0.05, 0.1) is 18.5 Å². The molecule has 158 valence electrons. The van der Waals surface area contributed by atoms with Crippen molar-refractivity contribution in [2.75, 3.05) is 24.2 Å². The second-order valence-corrected chi connectivity index (χ2v) is 9.16. The van der Waals surface area contributed by atoms with E-state index < -0.39 is 39.8 Å². The predicted octanol–water partition coefficient (Wildman–Crippen LogP) is 2.12. The first kappa shape index (κ1) is 21.5. The van der Waals surface area contributed by atoms with E-state index in [0.717, 1.165) is 15.5 Å². The lowest BCUT2D eigenvalue weighted by atomic mass is 9.87. The van der Waals surface area contributed by atoms with Crippen molar-refractivity contribution < 1.29 is 22.8 Å². The minimum atomic E-state index is -3.42. The van der Waals surface area contributed by atoms with Gasteiger partial charge in [0.1, 0.15) is 5.54 Å². The summed E-state index contributed by atoms with van der Waals surface area (Å²) in [4.78, 5) is 39.3. The number of carbonyl (C=O) groups is 3. The monoisotopic (exact) mass is 429 g/mol. The highest BCUT2D eigenvalue weighted by atomic mass is 32.2. The molecule has 0 spiro atoms. The molecule has 9 heteroatoms. The average molecular weight is 429 g/mol. The number of Topliss-reactive ketones (excluding diaryl/α,β-unsaturated/α-hetero) is 1. The topological polar surface area (TPSA) is 104 Å². The highest BCUT2D eigenvalue weighted by Gasteiger charge is 2.51. The molecule has 1 N–H and O–H groups in total. The number of urea groups is 1. The number of imide groups is 1. The van der Waals surface area contributed by atoms with Crippen molar-refractivity contribution >= 4 is 33.4 Å². The quantitative estimate of drug-likeness (QED) is 0.536. The fourth-order valence-corrected chi connectivity index (χ4v) is 3.92. The Bertz CT molecular complexity index is 1080. The minimum absolute atomic E-state index is 0.273. The van der Waals surface area contributed by atoms with E-state index in [-0.39, 0.29) is 5.56 Å². The van der Waals surface area contributed by atoms with Gasteiger partial charge in [0, 0.05) is 12.6 Å². The summed E-state index contributed by atoms with van der Waals surface area (Å²) in [6.07, 6.45) is 1.43. The van der Waals surface area contributed by atoms with Gasteiger partial charge in [-0.25, -0.2) is 13.2 Å². The lowest BCUT2D eigenvalue weighted by Crippen LogP contribution is -2.43. The Hall–Kier alpha value is -3.20. The van der Waals surface area contributed by atoms with E-state index in [1.54, 1.807) is 31.2 Å². The molecule has 30 heavy (non-hydrogen) atoms. The molecule has 3 rings (SSSR count). The summed E-state index contributed by atoms with van der Waals surface area (Å²) >= 11 is 0. The molecular formula is C21H23N3O5S. The molecule has 0 radical (unpaired) electrons. The Kier molecular flexibility index (Phi) is 5.67. The first-order valence-electron chi connectivity index (χ1n) is 9.37. The van der Waals surface area contributed by atoms with Crippen LogP contribution in [0.1, 0.15) is 29.3 Å². The van der Waals surface area contributed by atoms with Crippen LogP contribution in [0.15, 0.2) is 54.6 Å². The maximum Gasteiger partial charge on any atom is 0.325 e. The summed E-state index contributed by atoms with van der Waals surface area (Å²) in [7, 11) is -2.01. The van der Waals surface area contributed by atoms with Crippen molar-refractivity contribution in [3.05, 3.63) is 65.7 Å². The summed E-state index contributed by atoms with van der Waals surface area (Å²) in [6, 6.07) is 14.3. The maximum absolute atomic E-state index is 13.1. The molecule has 1 atom stereocenters. The zero-order valence-electron chi connectivity index (χ0n) is 17.0. The standard InChI is InChI=1S/C21H23N3O5S/c1-4-21(16-8-6-5-7-9-16)19(26)24(20(27)22-21)14-18(25)15-10-12-17(13-11-15)23(2)30(3,28)29/h5-13H,4,14H2,1-3H3,(H,22,27). The number of anilines is 1. The van der Waals surface area contributed by atoms with Gasteiger partial charge in [-0.2, -0.15) is 0 Å². The Morgan fingerprint density at radius 2 is 1.67 bits per heavy atom. The number of ketones is 1. The van der Waals surface area contributed by atoms with Crippen molar-refractivity contribution in [2.45, 2.75) is 18.9 Å². The zero-order valence-corrected chi connectivity index (χ0v) is 17.8. The number of hydrogen-bond acceptors (Lipinski definition) is 5. The van der Waals surface area contributed by atoms with Crippen LogP contribution in [-0.4, -0.2) is 50.9 Å². The van der Waals surface area contributed by atoms with Crippen molar-refractivity contribution in [1.29, 1.82) is 0 Å². The zero-order chi connectivity index (χ0) is 22.1. The molecule has 0 saturated carbocycles. The van der Waals surface area contributed by atoms with Crippen molar-refractivity contribution in [3.63, 3.8) is 0 Å². The molecule has 3 amide bonds.